The molecule has 34 heavy (non-hydrogen) atoms. The number of anilines is 2. The van der Waals surface area contributed by atoms with E-state index < -0.39 is 12.1 Å². The second-order valence-corrected chi connectivity index (χ2v) is 7.48. The molecular weight excluding hydrogens is 475 g/mol. The van der Waals surface area contributed by atoms with E-state index in [0.29, 0.717) is 22.9 Å². The van der Waals surface area contributed by atoms with Crippen LogP contribution in [0.1, 0.15) is 6.92 Å². The minimum absolute atomic E-state index is 0.0753. The number of hydrogen-bond acceptors (Lipinski definition) is 8. The number of ether oxygens (including phenoxy) is 2. The average molecular weight is 492 g/mol. The summed E-state index contributed by atoms with van der Waals surface area (Å²) >= 11 is 6.28. The van der Waals surface area contributed by atoms with Crippen molar-refractivity contribution in [2.45, 2.75) is 25.9 Å². The number of halogens is 4. The molecule has 0 amide bonds. The molecule has 1 N–H and O–H groups in total. The lowest BCUT2D eigenvalue weighted by Crippen LogP contribution is -2.20. The van der Waals surface area contributed by atoms with Gasteiger partial charge in [-0.2, -0.15) is 0 Å². The SMILES string of the molecule is CC(Cn1cnnn1)Oc1cc(-c2cnc(Nc3ccccc3OC(F)(F)F)nc2)ccc1Cl. The Hall–Kier alpha value is -3.93. The van der Waals surface area contributed by atoms with E-state index in [1.807, 2.05) is 6.92 Å². The van der Waals surface area contributed by atoms with Crippen LogP contribution >= 0.6 is 11.6 Å². The van der Waals surface area contributed by atoms with Gasteiger partial charge in [-0.05, 0) is 47.2 Å². The molecule has 0 fully saturated rings. The van der Waals surface area contributed by atoms with Crippen molar-refractivity contribution in [1.29, 1.82) is 0 Å². The fourth-order valence-corrected chi connectivity index (χ4v) is 3.16. The Morgan fingerprint density at radius 1 is 1.06 bits per heavy atom. The topological polar surface area (TPSA) is 99.9 Å². The van der Waals surface area contributed by atoms with E-state index in [1.54, 1.807) is 28.9 Å². The Bertz CT molecular complexity index is 1240. The summed E-state index contributed by atoms with van der Waals surface area (Å²) < 4.78 is 49.4. The van der Waals surface area contributed by atoms with Crippen molar-refractivity contribution in [3.8, 4) is 22.6 Å². The summed E-state index contributed by atoms with van der Waals surface area (Å²) in [5, 5.41) is 14.1. The summed E-state index contributed by atoms with van der Waals surface area (Å²) in [4.78, 5) is 8.39. The van der Waals surface area contributed by atoms with Crippen molar-refractivity contribution in [1.82, 2.24) is 30.2 Å². The van der Waals surface area contributed by atoms with E-state index in [2.05, 4.69) is 35.5 Å². The highest BCUT2D eigenvalue weighted by Crippen LogP contribution is 2.33. The molecule has 0 aliphatic heterocycles. The highest BCUT2D eigenvalue weighted by atomic mass is 35.5. The van der Waals surface area contributed by atoms with Crippen LogP contribution < -0.4 is 14.8 Å². The zero-order valence-electron chi connectivity index (χ0n) is 17.6. The molecule has 176 valence electrons. The number of hydrogen-bond donors (Lipinski definition) is 1. The quantitative estimate of drug-likeness (QED) is 0.372. The molecule has 0 spiro atoms. The van der Waals surface area contributed by atoms with Gasteiger partial charge in [-0.25, -0.2) is 14.6 Å². The number of nitrogens with one attached hydrogen (secondary N) is 1. The summed E-state index contributed by atoms with van der Waals surface area (Å²) in [5.41, 5.74) is 1.47. The number of benzene rings is 2. The molecule has 1 unspecified atom stereocenters. The maximum absolute atomic E-state index is 12.6. The highest BCUT2D eigenvalue weighted by molar-refractivity contribution is 6.32. The zero-order valence-corrected chi connectivity index (χ0v) is 18.3. The standard InChI is InChI=1S/C21H17ClF3N7O2/c1-13(11-32-12-28-30-31-32)33-19-8-14(6-7-16(19)22)15-9-26-20(27-10-15)29-17-4-2-3-5-18(17)34-21(23,24)25/h2-10,12-13H,11H2,1H3,(H,26,27,29). The van der Waals surface area contributed by atoms with E-state index in [4.69, 9.17) is 16.3 Å². The zero-order chi connectivity index (χ0) is 24.1. The predicted octanol–water partition coefficient (Wildman–Crippen LogP) is 4.89. The van der Waals surface area contributed by atoms with E-state index >= 15 is 0 Å². The van der Waals surface area contributed by atoms with Gasteiger partial charge < -0.3 is 14.8 Å². The number of tetrazole rings is 1. The van der Waals surface area contributed by atoms with E-state index in [0.717, 1.165) is 5.56 Å². The van der Waals surface area contributed by atoms with Gasteiger partial charge in [0, 0.05) is 18.0 Å². The first-order valence-electron chi connectivity index (χ1n) is 9.88. The van der Waals surface area contributed by atoms with Gasteiger partial charge in [-0.1, -0.05) is 29.8 Å². The minimum atomic E-state index is -4.82. The summed E-state index contributed by atoms with van der Waals surface area (Å²) in [6.45, 7) is 2.28. The van der Waals surface area contributed by atoms with Gasteiger partial charge in [-0.15, -0.1) is 18.3 Å². The van der Waals surface area contributed by atoms with Crippen LogP contribution in [0.2, 0.25) is 5.02 Å². The molecule has 1 atom stereocenters. The molecule has 13 heteroatoms. The second-order valence-electron chi connectivity index (χ2n) is 7.07. The van der Waals surface area contributed by atoms with E-state index in [9.17, 15) is 13.2 Å². The minimum Gasteiger partial charge on any atom is -0.487 e. The van der Waals surface area contributed by atoms with Gasteiger partial charge in [-0.3, -0.25) is 0 Å². The molecule has 9 nitrogen and oxygen atoms in total. The molecule has 2 aromatic carbocycles. The lowest BCUT2D eigenvalue weighted by molar-refractivity contribution is -0.274. The third-order valence-electron chi connectivity index (χ3n) is 4.44. The Morgan fingerprint density at radius 3 is 2.53 bits per heavy atom. The Morgan fingerprint density at radius 2 is 1.82 bits per heavy atom. The second kappa shape index (κ2) is 9.91. The first-order chi connectivity index (χ1) is 16.3. The van der Waals surface area contributed by atoms with E-state index in [-0.39, 0.29) is 17.7 Å². The molecule has 0 aliphatic carbocycles. The van der Waals surface area contributed by atoms with Gasteiger partial charge >= 0.3 is 6.36 Å². The molecular formula is C21H17ClF3N7O2. The molecule has 2 aromatic heterocycles. The number of rotatable bonds is 8. The van der Waals surface area contributed by atoms with Crippen molar-refractivity contribution in [3.05, 3.63) is 66.2 Å². The number of para-hydroxylation sites is 2. The van der Waals surface area contributed by atoms with Crippen LogP contribution in [0, 0.1) is 0 Å². The van der Waals surface area contributed by atoms with Crippen LogP contribution in [-0.2, 0) is 6.54 Å². The maximum atomic E-state index is 12.6. The van der Waals surface area contributed by atoms with Crippen LogP contribution in [0.15, 0.2) is 61.2 Å². The largest absolute Gasteiger partial charge is 0.573 e. The number of aromatic nitrogens is 6. The Balaban J connectivity index is 1.47. The van der Waals surface area contributed by atoms with Crippen molar-refractivity contribution in [2.24, 2.45) is 0 Å². The van der Waals surface area contributed by atoms with Gasteiger partial charge in [0.1, 0.15) is 18.2 Å². The molecule has 0 aliphatic rings. The fraction of sp³-hybridized carbons (Fsp3) is 0.190. The van der Waals surface area contributed by atoms with Crippen LogP contribution in [0.25, 0.3) is 11.1 Å². The molecule has 4 aromatic rings. The van der Waals surface area contributed by atoms with Crippen molar-refractivity contribution in [2.75, 3.05) is 5.32 Å². The summed E-state index contributed by atoms with van der Waals surface area (Å²) in [6, 6.07) is 10.8. The summed E-state index contributed by atoms with van der Waals surface area (Å²) in [5.74, 6) is 0.167. The number of alkyl halides is 3. The van der Waals surface area contributed by atoms with Crippen LogP contribution in [0.5, 0.6) is 11.5 Å². The third kappa shape index (κ3) is 6.10. The lowest BCUT2D eigenvalue weighted by atomic mass is 10.1. The Labute approximate surface area is 196 Å². The maximum Gasteiger partial charge on any atom is 0.573 e. The Kier molecular flexibility index (Phi) is 6.77. The number of nitrogens with zero attached hydrogens (tertiary/aromatic N) is 6. The molecule has 0 saturated heterocycles. The molecule has 2 heterocycles. The average Bonchev–Trinajstić information content (AvgIpc) is 3.29. The molecule has 4 rings (SSSR count). The van der Waals surface area contributed by atoms with Gasteiger partial charge in [0.2, 0.25) is 5.95 Å². The van der Waals surface area contributed by atoms with Gasteiger partial charge in [0.25, 0.3) is 0 Å². The predicted molar refractivity (Wildman–Crippen MR) is 117 cm³/mol. The van der Waals surface area contributed by atoms with Crippen LogP contribution in [0.3, 0.4) is 0 Å². The molecule has 0 saturated carbocycles. The van der Waals surface area contributed by atoms with Crippen LogP contribution in [0.4, 0.5) is 24.8 Å². The van der Waals surface area contributed by atoms with Crippen LogP contribution in [-0.4, -0.2) is 42.6 Å². The molecule has 0 radical (unpaired) electrons. The first-order valence-corrected chi connectivity index (χ1v) is 10.3. The van der Waals surface area contributed by atoms with Crippen molar-refractivity contribution >= 4 is 23.2 Å². The molecule has 0 bridgehead atoms. The highest BCUT2D eigenvalue weighted by Gasteiger charge is 2.32. The third-order valence-corrected chi connectivity index (χ3v) is 4.75. The van der Waals surface area contributed by atoms with Gasteiger partial charge in [0.05, 0.1) is 17.3 Å². The summed E-state index contributed by atoms with van der Waals surface area (Å²) in [6.07, 6.45) is -0.544. The monoisotopic (exact) mass is 491 g/mol. The normalized spacial score (nSPS) is 12.3. The van der Waals surface area contributed by atoms with Crippen molar-refractivity contribution < 1.29 is 22.6 Å². The van der Waals surface area contributed by atoms with Crippen molar-refractivity contribution in [3.63, 3.8) is 0 Å². The van der Waals surface area contributed by atoms with Gasteiger partial charge in [0.15, 0.2) is 5.75 Å². The van der Waals surface area contributed by atoms with E-state index in [1.165, 1.54) is 36.9 Å². The first kappa shape index (κ1) is 23.2. The summed E-state index contributed by atoms with van der Waals surface area (Å²) in [7, 11) is 0. The smallest absolute Gasteiger partial charge is 0.487 e. The lowest BCUT2D eigenvalue weighted by Gasteiger charge is -2.16. The fourth-order valence-electron chi connectivity index (χ4n) is 3.00.